The summed E-state index contributed by atoms with van der Waals surface area (Å²) in [5.74, 6) is -0.915. The first-order chi connectivity index (χ1) is 14.5. The summed E-state index contributed by atoms with van der Waals surface area (Å²) in [6, 6.07) is 10.9. The van der Waals surface area contributed by atoms with E-state index in [1.165, 1.54) is 44.2 Å². The molecule has 6 heteroatoms. The minimum Gasteiger partial charge on any atom is -0.462 e. The third-order valence-corrected chi connectivity index (χ3v) is 5.21. The highest BCUT2D eigenvalue weighted by atomic mass is 35.5. The fraction of sp³-hybridized carbons (Fsp3) is 0.417. The van der Waals surface area contributed by atoms with Crippen LogP contribution >= 0.6 is 23.2 Å². The first-order valence-electron chi connectivity index (χ1n) is 10.5. The van der Waals surface area contributed by atoms with Crippen molar-refractivity contribution < 1.29 is 19.1 Å². The van der Waals surface area contributed by atoms with Gasteiger partial charge in [0.05, 0.1) is 22.8 Å². The highest BCUT2D eigenvalue weighted by Gasteiger charge is 2.15. The summed E-state index contributed by atoms with van der Waals surface area (Å²) in [7, 11) is 0. The van der Waals surface area contributed by atoms with Gasteiger partial charge in [0.25, 0.3) is 0 Å². The second-order valence-electron chi connectivity index (χ2n) is 7.16. The lowest BCUT2D eigenvalue weighted by molar-refractivity contribution is 0.0497. The van der Waals surface area contributed by atoms with E-state index in [-0.39, 0.29) is 16.3 Å². The van der Waals surface area contributed by atoms with Crippen molar-refractivity contribution in [2.24, 2.45) is 0 Å². The second kappa shape index (κ2) is 13.3. The fourth-order valence-corrected chi connectivity index (χ4v) is 3.29. The van der Waals surface area contributed by atoms with Crippen LogP contribution in [0, 0.1) is 0 Å². The average Bonchev–Trinajstić information content (AvgIpc) is 2.75. The van der Waals surface area contributed by atoms with Crippen LogP contribution in [-0.4, -0.2) is 18.5 Å². The molecule has 0 unspecified atom stereocenters. The van der Waals surface area contributed by atoms with E-state index < -0.39 is 11.9 Å². The number of unbranched alkanes of at least 4 members (excludes halogenated alkanes) is 7. The summed E-state index contributed by atoms with van der Waals surface area (Å²) in [6.07, 6.45) is 9.41. The summed E-state index contributed by atoms with van der Waals surface area (Å²) in [6.45, 7) is 2.59. The maximum Gasteiger partial charge on any atom is 0.343 e. The molecule has 0 aromatic heterocycles. The number of carbonyl (C=O) groups excluding carboxylic acids is 2. The molecular weight excluding hydrogens is 423 g/mol. The molecule has 0 fully saturated rings. The average molecular weight is 451 g/mol. The summed E-state index contributed by atoms with van der Waals surface area (Å²) in [5.41, 5.74) is 0.536. The van der Waals surface area contributed by atoms with Crippen LogP contribution in [0.5, 0.6) is 5.75 Å². The first kappa shape index (κ1) is 24.2. The molecule has 0 bridgehead atoms. The zero-order valence-electron chi connectivity index (χ0n) is 17.3. The van der Waals surface area contributed by atoms with E-state index in [4.69, 9.17) is 32.7 Å². The first-order valence-corrected chi connectivity index (χ1v) is 11.2. The van der Waals surface area contributed by atoms with E-state index in [9.17, 15) is 9.59 Å². The van der Waals surface area contributed by atoms with Crippen molar-refractivity contribution in [3.05, 3.63) is 63.6 Å². The van der Waals surface area contributed by atoms with Gasteiger partial charge in [0.15, 0.2) is 5.75 Å². The molecule has 0 aliphatic rings. The van der Waals surface area contributed by atoms with Crippen molar-refractivity contribution >= 4 is 35.1 Å². The molecule has 0 aliphatic carbocycles. The maximum atomic E-state index is 12.4. The van der Waals surface area contributed by atoms with Gasteiger partial charge in [-0.1, -0.05) is 81.1 Å². The number of halogens is 2. The number of hydrogen-bond acceptors (Lipinski definition) is 4. The minimum atomic E-state index is -0.628. The Labute approximate surface area is 188 Å². The van der Waals surface area contributed by atoms with E-state index >= 15 is 0 Å². The van der Waals surface area contributed by atoms with Gasteiger partial charge in [-0.15, -0.1) is 0 Å². The van der Waals surface area contributed by atoms with Crippen molar-refractivity contribution in [1.29, 1.82) is 0 Å². The van der Waals surface area contributed by atoms with E-state index in [1.807, 2.05) is 0 Å². The third kappa shape index (κ3) is 8.37. The summed E-state index contributed by atoms with van der Waals surface area (Å²) in [4.78, 5) is 24.7. The molecule has 0 aliphatic heterocycles. The molecule has 0 saturated heterocycles. The predicted molar refractivity (Wildman–Crippen MR) is 121 cm³/mol. The van der Waals surface area contributed by atoms with Crippen LogP contribution in [0.4, 0.5) is 0 Å². The minimum absolute atomic E-state index is 0.164. The molecule has 0 amide bonds. The van der Waals surface area contributed by atoms with Crippen molar-refractivity contribution in [3.8, 4) is 5.75 Å². The molecule has 0 radical (unpaired) electrons. The largest absolute Gasteiger partial charge is 0.462 e. The lowest BCUT2D eigenvalue weighted by Crippen LogP contribution is -2.11. The highest BCUT2D eigenvalue weighted by molar-refractivity contribution is 6.34. The van der Waals surface area contributed by atoms with Crippen LogP contribution in [0.15, 0.2) is 42.5 Å². The van der Waals surface area contributed by atoms with Gasteiger partial charge in [0.2, 0.25) is 0 Å². The Morgan fingerprint density at radius 1 is 0.800 bits per heavy atom. The molecule has 0 saturated carbocycles. The Morgan fingerprint density at radius 2 is 1.43 bits per heavy atom. The van der Waals surface area contributed by atoms with Crippen LogP contribution in [0.2, 0.25) is 10.0 Å². The van der Waals surface area contributed by atoms with Crippen LogP contribution in [0.1, 0.15) is 79.0 Å². The Bertz CT molecular complexity index is 836. The zero-order chi connectivity index (χ0) is 21.8. The molecule has 162 valence electrons. The lowest BCUT2D eigenvalue weighted by Gasteiger charge is -2.08. The number of benzene rings is 2. The number of carbonyl (C=O) groups is 2. The molecule has 0 spiro atoms. The highest BCUT2D eigenvalue weighted by Crippen LogP contribution is 2.28. The standard InChI is InChI=1S/C24H28Cl2O4/c1-2-3-4-5-6-7-8-9-15-29-23(27)18-11-10-12-19(16-18)24(28)30-22-17-20(25)13-14-21(22)26/h10-14,16-17H,2-9,15H2,1H3. The van der Waals surface area contributed by atoms with Crippen LogP contribution in [0.3, 0.4) is 0 Å². The molecular formula is C24H28Cl2O4. The zero-order valence-corrected chi connectivity index (χ0v) is 18.8. The topological polar surface area (TPSA) is 52.6 Å². The van der Waals surface area contributed by atoms with Gasteiger partial charge >= 0.3 is 11.9 Å². The summed E-state index contributed by atoms with van der Waals surface area (Å²) in [5, 5.41) is 0.675. The maximum absolute atomic E-state index is 12.4. The molecule has 0 N–H and O–H groups in total. The monoisotopic (exact) mass is 450 g/mol. The van der Waals surface area contributed by atoms with Gasteiger partial charge in [0, 0.05) is 11.1 Å². The molecule has 0 heterocycles. The normalized spacial score (nSPS) is 10.6. The number of rotatable bonds is 12. The molecule has 0 atom stereocenters. The van der Waals surface area contributed by atoms with Gasteiger partial charge in [0.1, 0.15) is 0 Å². The van der Waals surface area contributed by atoms with Gasteiger partial charge < -0.3 is 9.47 Å². The SMILES string of the molecule is CCCCCCCCCCOC(=O)c1cccc(C(=O)Oc2cc(Cl)ccc2Cl)c1. The number of hydrogen-bond donors (Lipinski definition) is 0. The van der Waals surface area contributed by atoms with E-state index in [0.717, 1.165) is 19.3 Å². The van der Waals surface area contributed by atoms with Crippen molar-refractivity contribution in [1.82, 2.24) is 0 Å². The summed E-state index contributed by atoms with van der Waals surface area (Å²) >= 11 is 11.9. The van der Waals surface area contributed by atoms with Crippen LogP contribution < -0.4 is 4.74 Å². The van der Waals surface area contributed by atoms with E-state index in [0.29, 0.717) is 17.2 Å². The van der Waals surface area contributed by atoms with Crippen LogP contribution in [-0.2, 0) is 4.74 Å². The smallest absolute Gasteiger partial charge is 0.343 e. The second-order valence-corrected chi connectivity index (χ2v) is 8.00. The Kier molecular flexibility index (Phi) is 10.7. The van der Waals surface area contributed by atoms with Crippen LogP contribution in [0.25, 0.3) is 0 Å². The lowest BCUT2D eigenvalue weighted by atomic mass is 10.1. The van der Waals surface area contributed by atoms with Crippen molar-refractivity contribution in [2.75, 3.05) is 6.61 Å². The quantitative estimate of drug-likeness (QED) is 0.190. The van der Waals surface area contributed by atoms with Crippen molar-refractivity contribution in [2.45, 2.75) is 58.3 Å². The van der Waals surface area contributed by atoms with Crippen molar-refractivity contribution in [3.63, 3.8) is 0 Å². The molecule has 2 aromatic carbocycles. The molecule has 4 nitrogen and oxygen atoms in total. The van der Waals surface area contributed by atoms with E-state index in [2.05, 4.69) is 6.92 Å². The van der Waals surface area contributed by atoms with Gasteiger partial charge in [-0.2, -0.15) is 0 Å². The predicted octanol–water partition coefficient (Wildman–Crippen LogP) is 7.51. The Morgan fingerprint density at radius 3 is 2.13 bits per heavy atom. The fourth-order valence-electron chi connectivity index (χ4n) is 2.97. The van der Waals surface area contributed by atoms with Gasteiger partial charge in [-0.3, -0.25) is 0 Å². The third-order valence-electron chi connectivity index (χ3n) is 4.66. The summed E-state index contributed by atoms with van der Waals surface area (Å²) < 4.78 is 10.6. The molecule has 2 rings (SSSR count). The number of ether oxygens (including phenoxy) is 2. The van der Waals surface area contributed by atoms with Gasteiger partial charge in [-0.05, 0) is 36.8 Å². The van der Waals surface area contributed by atoms with E-state index in [1.54, 1.807) is 30.3 Å². The Hall–Kier alpha value is -2.04. The number of esters is 2. The van der Waals surface area contributed by atoms with Gasteiger partial charge in [-0.25, -0.2) is 9.59 Å². The Balaban J connectivity index is 1.79. The molecule has 30 heavy (non-hydrogen) atoms. The molecule has 2 aromatic rings.